The molecule has 2 aliphatic heterocycles. The summed E-state index contributed by atoms with van der Waals surface area (Å²) in [5.41, 5.74) is 0.799. The van der Waals surface area contributed by atoms with E-state index >= 15 is 0 Å². The molecule has 0 N–H and O–H groups in total. The zero-order valence-corrected chi connectivity index (χ0v) is 15.4. The largest absolute Gasteiger partial charge is 0.304 e. The van der Waals surface area contributed by atoms with Crippen LogP contribution in [0.4, 0.5) is 0 Å². The van der Waals surface area contributed by atoms with E-state index in [-0.39, 0.29) is 11.9 Å². The Hall–Kier alpha value is -1.70. The van der Waals surface area contributed by atoms with Gasteiger partial charge in [-0.3, -0.25) is 9.69 Å². The second-order valence-corrected chi connectivity index (χ2v) is 8.44. The zero-order chi connectivity index (χ0) is 17.9. The molecule has 2 heterocycles. The average Bonchev–Trinajstić information content (AvgIpc) is 2.97. The molecule has 136 valence electrons. The Kier molecular flexibility index (Phi) is 5.56. The van der Waals surface area contributed by atoms with E-state index in [2.05, 4.69) is 16.8 Å². The van der Waals surface area contributed by atoms with Crippen molar-refractivity contribution in [2.24, 2.45) is 0 Å². The van der Waals surface area contributed by atoms with Gasteiger partial charge < -0.3 is 4.90 Å². The van der Waals surface area contributed by atoms with Gasteiger partial charge in [0.25, 0.3) is 10.0 Å². The predicted octanol–water partition coefficient (Wildman–Crippen LogP) is 1.23. The van der Waals surface area contributed by atoms with Gasteiger partial charge >= 0.3 is 0 Å². The monoisotopic (exact) mass is 363 g/mol. The van der Waals surface area contributed by atoms with E-state index < -0.39 is 10.0 Å². The van der Waals surface area contributed by atoms with E-state index in [1.54, 1.807) is 6.08 Å². The summed E-state index contributed by atoms with van der Waals surface area (Å²) in [4.78, 5) is 16.7. The Bertz CT molecular complexity index is 725. The van der Waals surface area contributed by atoms with Gasteiger partial charge in [-0.05, 0) is 25.1 Å². The third-order valence-corrected chi connectivity index (χ3v) is 6.37. The highest BCUT2D eigenvalue weighted by atomic mass is 32.2. The van der Waals surface area contributed by atoms with Crippen molar-refractivity contribution in [2.75, 3.05) is 39.8 Å². The lowest BCUT2D eigenvalue weighted by Gasteiger charge is -2.35. The zero-order valence-electron chi connectivity index (χ0n) is 14.5. The van der Waals surface area contributed by atoms with Gasteiger partial charge in [0.15, 0.2) is 0 Å². The van der Waals surface area contributed by atoms with E-state index in [4.69, 9.17) is 0 Å². The molecule has 1 amide bonds. The molecule has 3 rings (SSSR count). The molecule has 6 nitrogen and oxygen atoms in total. The Labute approximate surface area is 149 Å². The lowest BCUT2D eigenvalue weighted by Crippen LogP contribution is -2.50. The van der Waals surface area contributed by atoms with E-state index in [0.29, 0.717) is 19.4 Å². The molecule has 1 atom stereocenters. The molecule has 0 spiro atoms. The Morgan fingerprint density at radius 3 is 2.48 bits per heavy atom. The molecule has 1 aromatic rings. The smallest absolute Gasteiger partial charge is 0.259 e. The maximum Gasteiger partial charge on any atom is 0.259 e. The standard InChI is InChI=1S/C18H25N3O3S/c1-19-10-12-20(13-11-19)15-17-7-8-18(22)21(17)25(23,24)14-9-16-5-3-2-4-6-16/h2-6,9,14,17H,7-8,10-13,15H2,1H3. The molecule has 2 fully saturated rings. The van der Waals surface area contributed by atoms with Crippen LogP contribution in [0.25, 0.3) is 6.08 Å². The third kappa shape index (κ3) is 4.48. The van der Waals surface area contributed by atoms with Crippen LogP contribution < -0.4 is 0 Å². The topological polar surface area (TPSA) is 60.9 Å². The van der Waals surface area contributed by atoms with Gasteiger partial charge in [-0.25, -0.2) is 12.7 Å². The number of likely N-dealkylation sites (N-methyl/N-ethyl adjacent to an activating group) is 1. The van der Waals surface area contributed by atoms with E-state index in [1.165, 1.54) is 0 Å². The van der Waals surface area contributed by atoms with Crippen LogP contribution in [0.1, 0.15) is 18.4 Å². The fourth-order valence-electron chi connectivity index (χ4n) is 3.36. The van der Waals surface area contributed by atoms with Gasteiger partial charge in [0.1, 0.15) is 0 Å². The quantitative estimate of drug-likeness (QED) is 0.787. The Balaban J connectivity index is 1.71. The van der Waals surface area contributed by atoms with Crippen molar-refractivity contribution in [3.63, 3.8) is 0 Å². The van der Waals surface area contributed by atoms with Crippen LogP contribution in [-0.2, 0) is 14.8 Å². The minimum Gasteiger partial charge on any atom is -0.304 e. The molecule has 0 saturated carbocycles. The minimum absolute atomic E-state index is 0.263. The van der Waals surface area contributed by atoms with E-state index in [1.807, 2.05) is 30.3 Å². The van der Waals surface area contributed by atoms with Crippen LogP contribution >= 0.6 is 0 Å². The molecule has 2 aliphatic rings. The SMILES string of the molecule is CN1CCN(CC2CCC(=O)N2S(=O)(=O)C=Cc2ccccc2)CC1. The van der Waals surface area contributed by atoms with Crippen LogP contribution in [0, 0.1) is 0 Å². The number of sulfonamides is 1. The van der Waals surface area contributed by atoms with Crippen molar-refractivity contribution in [3.8, 4) is 0 Å². The summed E-state index contributed by atoms with van der Waals surface area (Å²) in [6, 6.07) is 8.98. The second kappa shape index (κ2) is 7.68. The highest BCUT2D eigenvalue weighted by molar-refractivity contribution is 7.92. The number of benzene rings is 1. The van der Waals surface area contributed by atoms with Gasteiger partial charge in [0, 0.05) is 39.1 Å². The summed E-state index contributed by atoms with van der Waals surface area (Å²) in [6.07, 6.45) is 2.45. The van der Waals surface area contributed by atoms with Gasteiger partial charge in [-0.2, -0.15) is 0 Å². The lowest BCUT2D eigenvalue weighted by atomic mass is 10.2. The summed E-state index contributed by atoms with van der Waals surface area (Å²) in [7, 11) is -1.67. The first-order chi connectivity index (χ1) is 12.0. The molecule has 25 heavy (non-hydrogen) atoms. The summed E-state index contributed by atoms with van der Waals surface area (Å²) in [5.74, 6) is -0.295. The molecular formula is C18H25N3O3S. The molecule has 0 aromatic heterocycles. The van der Waals surface area contributed by atoms with Gasteiger partial charge in [-0.15, -0.1) is 0 Å². The second-order valence-electron chi connectivity index (χ2n) is 6.74. The Morgan fingerprint density at radius 1 is 1.12 bits per heavy atom. The minimum atomic E-state index is -3.75. The first-order valence-corrected chi connectivity index (χ1v) is 10.2. The highest BCUT2D eigenvalue weighted by Gasteiger charge is 2.39. The number of carbonyl (C=O) groups excluding carboxylic acids is 1. The van der Waals surface area contributed by atoms with Crippen LogP contribution in [0.5, 0.6) is 0 Å². The first-order valence-electron chi connectivity index (χ1n) is 8.67. The summed E-state index contributed by atoms with van der Waals surface area (Å²) < 4.78 is 26.5. The number of hydrogen-bond acceptors (Lipinski definition) is 5. The summed E-state index contributed by atoms with van der Waals surface area (Å²) >= 11 is 0. The van der Waals surface area contributed by atoms with Gasteiger partial charge in [0.05, 0.1) is 11.4 Å². The van der Waals surface area contributed by atoms with Crippen molar-refractivity contribution >= 4 is 22.0 Å². The molecule has 0 bridgehead atoms. The summed E-state index contributed by atoms with van der Waals surface area (Å²) in [6.45, 7) is 4.39. The molecule has 1 aromatic carbocycles. The number of carbonyl (C=O) groups is 1. The first kappa shape index (κ1) is 18.1. The van der Waals surface area contributed by atoms with Crippen molar-refractivity contribution in [3.05, 3.63) is 41.3 Å². The molecule has 0 aliphatic carbocycles. The van der Waals surface area contributed by atoms with Crippen molar-refractivity contribution < 1.29 is 13.2 Å². The highest BCUT2D eigenvalue weighted by Crippen LogP contribution is 2.25. The number of rotatable bonds is 5. The van der Waals surface area contributed by atoms with Gasteiger partial charge in [0.2, 0.25) is 5.91 Å². The molecule has 1 unspecified atom stereocenters. The normalized spacial score (nSPS) is 23.6. The van der Waals surface area contributed by atoms with Crippen LogP contribution in [0.3, 0.4) is 0 Å². The molecule has 0 radical (unpaired) electrons. The van der Waals surface area contributed by atoms with Crippen LogP contribution in [-0.4, -0.2) is 74.2 Å². The number of nitrogens with zero attached hydrogens (tertiary/aromatic N) is 3. The molecule has 7 heteroatoms. The molecule has 2 saturated heterocycles. The maximum atomic E-state index is 12.7. The average molecular weight is 363 g/mol. The number of piperazine rings is 1. The fourth-order valence-corrected chi connectivity index (χ4v) is 4.78. The third-order valence-electron chi connectivity index (χ3n) is 4.84. The Morgan fingerprint density at radius 2 is 1.80 bits per heavy atom. The lowest BCUT2D eigenvalue weighted by molar-refractivity contribution is -0.124. The summed E-state index contributed by atoms with van der Waals surface area (Å²) in [5, 5.41) is 1.16. The van der Waals surface area contributed by atoms with E-state index in [9.17, 15) is 13.2 Å². The maximum absolute atomic E-state index is 12.7. The van der Waals surface area contributed by atoms with Crippen molar-refractivity contribution in [2.45, 2.75) is 18.9 Å². The van der Waals surface area contributed by atoms with Crippen LogP contribution in [0.2, 0.25) is 0 Å². The molecular weight excluding hydrogens is 338 g/mol. The predicted molar refractivity (Wildman–Crippen MR) is 98.2 cm³/mol. The number of amides is 1. The van der Waals surface area contributed by atoms with Crippen LogP contribution in [0.15, 0.2) is 35.7 Å². The van der Waals surface area contributed by atoms with Crippen molar-refractivity contribution in [1.82, 2.24) is 14.1 Å². The van der Waals surface area contributed by atoms with Crippen molar-refractivity contribution in [1.29, 1.82) is 0 Å². The fraction of sp³-hybridized carbons (Fsp3) is 0.500. The number of hydrogen-bond donors (Lipinski definition) is 0. The van der Waals surface area contributed by atoms with Gasteiger partial charge in [-0.1, -0.05) is 30.3 Å². The van der Waals surface area contributed by atoms with E-state index in [0.717, 1.165) is 41.5 Å².